The van der Waals surface area contributed by atoms with Crippen LogP contribution in [0.1, 0.15) is 26.7 Å². The highest BCUT2D eigenvalue weighted by Gasteiger charge is 2.24. The van der Waals surface area contributed by atoms with Crippen molar-refractivity contribution < 1.29 is 28.4 Å². The number of ether oxygens (including phenoxy) is 4. The lowest BCUT2D eigenvalue weighted by atomic mass is 10.1. The van der Waals surface area contributed by atoms with E-state index < -0.39 is 18.0 Å². The lowest BCUT2D eigenvalue weighted by molar-refractivity contribution is -0.0666. The van der Waals surface area contributed by atoms with E-state index in [2.05, 4.69) is 6.58 Å². The van der Waals surface area contributed by atoms with Crippen LogP contribution in [0.2, 0.25) is 0 Å². The Kier molecular flexibility index (Phi) is 12.2. The van der Waals surface area contributed by atoms with Gasteiger partial charge in [-0.1, -0.05) is 19.9 Å². The van der Waals surface area contributed by atoms with Gasteiger partial charge in [-0.2, -0.15) is 0 Å². The third kappa shape index (κ3) is 8.16. The van der Waals surface area contributed by atoms with Crippen LogP contribution < -0.4 is 0 Å². The summed E-state index contributed by atoms with van der Waals surface area (Å²) in [6.07, 6.45) is 0.533. The molecule has 0 aliphatic rings. The Hall–Kier alpha value is -0.950. The second kappa shape index (κ2) is 12.8. The van der Waals surface area contributed by atoms with Crippen molar-refractivity contribution in [2.75, 3.05) is 33.7 Å². The molecule has 0 aliphatic heterocycles. The van der Waals surface area contributed by atoms with Crippen molar-refractivity contribution in [2.45, 2.75) is 38.9 Å². The normalized spacial score (nSPS) is 15.3. The molecule has 21 heavy (non-hydrogen) atoms. The van der Waals surface area contributed by atoms with Gasteiger partial charge in [-0.25, -0.2) is 4.39 Å². The second-order valence-corrected chi connectivity index (χ2v) is 4.32. The molecule has 2 unspecified atom stereocenters. The van der Waals surface area contributed by atoms with Crippen molar-refractivity contribution >= 4 is 0 Å². The molecule has 5 nitrogen and oxygen atoms in total. The molecular weight excluding hydrogens is 279 g/mol. The SMILES string of the molecule is C=CCOC(CC)/C(OCOCCOC)=C(\F)C(O)CC. The Morgan fingerprint density at radius 1 is 1.29 bits per heavy atom. The maximum absolute atomic E-state index is 14.2. The first kappa shape index (κ1) is 20.1. The number of methoxy groups -OCH3 is 1. The van der Waals surface area contributed by atoms with Gasteiger partial charge in [0.1, 0.15) is 12.2 Å². The smallest absolute Gasteiger partial charge is 0.188 e. The van der Waals surface area contributed by atoms with Crippen molar-refractivity contribution in [3.63, 3.8) is 0 Å². The van der Waals surface area contributed by atoms with Gasteiger partial charge in [0.2, 0.25) is 0 Å². The zero-order valence-corrected chi connectivity index (χ0v) is 13.1. The molecule has 0 saturated carbocycles. The Bertz CT molecular complexity index is 306. The zero-order chi connectivity index (χ0) is 16.1. The summed E-state index contributed by atoms with van der Waals surface area (Å²) < 4.78 is 35.0. The van der Waals surface area contributed by atoms with Crippen LogP contribution in [0.5, 0.6) is 0 Å². The maximum Gasteiger partial charge on any atom is 0.188 e. The quantitative estimate of drug-likeness (QED) is 0.245. The summed E-state index contributed by atoms with van der Waals surface area (Å²) in [5, 5.41) is 9.66. The lowest BCUT2D eigenvalue weighted by Crippen LogP contribution is -2.23. The van der Waals surface area contributed by atoms with Crippen LogP contribution in [0, 0.1) is 0 Å². The predicted molar refractivity (Wildman–Crippen MR) is 78.4 cm³/mol. The Balaban J connectivity index is 4.78. The van der Waals surface area contributed by atoms with Crippen molar-refractivity contribution in [3.8, 4) is 0 Å². The molecule has 6 heteroatoms. The van der Waals surface area contributed by atoms with E-state index >= 15 is 0 Å². The van der Waals surface area contributed by atoms with Crippen molar-refractivity contribution in [1.29, 1.82) is 0 Å². The van der Waals surface area contributed by atoms with Gasteiger partial charge in [0.05, 0.1) is 19.8 Å². The minimum atomic E-state index is -1.21. The molecule has 0 radical (unpaired) electrons. The van der Waals surface area contributed by atoms with Gasteiger partial charge in [-0.15, -0.1) is 6.58 Å². The van der Waals surface area contributed by atoms with E-state index in [0.29, 0.717) is 19.6 Å². The molecule has 2 atom stereocenters. The fourth-order valence-corrected chi connectivity index (χ4v) is 1.53. The highest BCUT2D eigenvalue weighted by Crippen LogP contribution is 2.22. The molecule has 0 fully saturated rings. The van der Waals surface area contributed by atoms with E-state index in [9.17, 15) is 9.50 Å². The van der Waals surface area contributed by atoms with Crippen LogP contribution in [-0.2, 0) is 18.9 Å². The number of aliphatic hydroxyl groups is 1. The summed E-state index contributed by atoms with van der Waals surface area (Å²) >= 11 is 0. The minimum absolute atomic E-state index is 0.0221. The monoisotopic (exact) mass is 306 g/mol. The van der Waals surface area contributed by atoms with Gasteiger partial charge in [0.15, 0.2) is 18.4 Å². The first-order valence-corrected chi connectivity index (χ1v) is 7.11. The van der Waals surface area contributed by atoms with Crippen molar-refractivity contribution in [1.82, 2.24) is 0 Å². The van der Waals surface area contributed by atoms with Gasteiger partial charge in [-0.05, 0) is 12.8 Å². The van der Waals surface area contributed by atoms with E-state index in [0.717, 1.165) is 0 Å². The Labute approximate surface area is 126 Å². The highest BCUT2D eigenvalue weighted by atomic mass is 19.1. The summed E-state index contributed by atoms with van der Waals surface area (Å²) in [5.74, 6) is -0.741. The third-order valence-electron chi connectivity index (χ3n) is 2.72. The number of hydrogen-bond donors (Lipinski definition) is 1. The van der Waals surface area contributed by atoms with Crippen LogP contribution in [0.15, 0.2) is 24.2 Å². The summed E-state index contributed by atoms with van der Waals surface area (Å²) in [5.41, 5.74) is 0. The van der Waals surface area contributed by atoms with Gasteiger partial charge < -0.3 is 24.1 Å². The maximum atomic E-state index is 14.2. The molecule has 0 spiro atoms. The molecule has 0 heterocycles. The van der Waals surface area contributed by atoms with E-state index in [1.165, 1.54) is 0 Å². The van der Waals surface area contributed by atoms with Crippen LogP contribution in [-0.4, -0.2) is 51.0 Å². The molecular formula is C15H27FO5. The molecule has 1 N–H and O–H groups in total. The average molecular weight is 306 g/mol. The summed E-state index contributed by atoms with van der Waals surface area (Å²) in [6.45, 7) is 7.98. The topological polar surface area (TPSA) is 57.2 Å². The van der Waals surface area contributed by atoms with Crippen LogP contribution in [0.25, 0.3) is 0 Å². The first-order chi connectivity index (χ1) is 10.1. The standard InChI is InChI=1S/C15H27FO5/c1-5-8-20-13(7-3)15(14(16)12(17)6-2)21-11-19-10-9-18-4/h5,12-13,17H,1,6-11H2,2-4H3/b15-14+. The molecule has 0 amide bonds. The van der Waals surface area contributed by atoms with Gasteiger partial charge in [0.25, 0.3) is 0 Å². The number of hydrogen-bond acceptors (Lipinski definition) is 5. The summed E-state index contributed by atoms with van der Waals surface area (Å²) in [4.78, 5) is 0. The predicted octanol–water partition coefficient (Wildman–Crippen LogP) is 2.56. The van der Waals surface area contributed by atoms with Gasteiger partial charge in [0, 0.05) is 7.11 Å². The largest absolute Gasteiger partial charge is 0.466 e. The molecule has 124 valence electrons. The van der Waals surface area contributed by atoms with Crippen molar-refractivity contribution in [2.24, 2.45) is 0 Å². The summed E-state index contributed by atoms with van der Waals surface area (Å²) in [7, 11) is 1.56. The van der Waals surface area contributed by atoms with Crippen LogP contribution >= 0.6 is 0 Å². The molecule has 0 aromatic heterocycles. The fourth-order valence-electron chi connectivity index (χ4n) is 1.53. The lowest BCUT2D eigenvalue weighted by Gasteiger charge is -2.22. The summed E-state index contributed by atoms with van der Waals surface area (Å²) in [6, 6.07) is 0. The second-order valence-electron chi connectivity index (χ2n) is 4.32. The van der Waals surface area contributed by atoms with E-state index in [1.807, 2.05) is 6.92 Å². The van der Waals surface area contributed by atoms with E-state index in [-0.39, 0.29) is 25.6 Å². The van der Waals surface area contributed by atoms with E-state index in [1.54, 1.807) is 20.1 Å². The molecule has 0 saturated heterocycles. The van der Waals surface area contributed by atoms with E-state index in [4.69, 9.17) is 18.9 Å². The molecule has 0 rings (SSSR count). The number of halogens is 1. The highest BCUT2D eigenvalue weighted by molar-refractivity contribution is 5.10. The first-order valence-electron chi connectivity index (χ1n) is 7.11. The van der Waals surface area contributed by atoms with Gasteiger partial charge in [-0.3, -0.25) is 0 Å². The molecule has 0 bridgehead atoms. The minimum Gasteiger partial charge on any atom is -0.466 e. The Morgan fingerprint density at radius 2 is 2.00 bits per heavy atom. The van der Waals surface area contributed by atoms with Crippen molar-refractivity contribution in [3.05, 3.63) is 24.2 Å². The van der Waals surface area contributed by atoms with Crippen LogP contribution in [0.3, 0.4) is 0 Å². The fraction of sp³-hybridized carbons (Fsp3) is 0.733. The zero-order valence-electron chi connectivity index (χ0n) is 13.1. The molecule has 0 aromatic rings. The Morgan fingerprint density at radius 3 is 2.52 bits per heavy atom. The average Bonchev–Trinajstić information content (AvgIpc) is 2.51. The number of rotatable bonds is 13. The molecule has 0 aromatic carbocycles. The molecule has 0 aliphatic carbocycles. The third-order valence-corrected chi connectivity index (χ3v) is 2.72. The number of aliphatic hydroxyl groups excluding tert-OH is 1. The van der Waals surface area contributed by atoms with Gasteiger partial charge >= 0.3 is 0 Å². The van der Waals surface area contributed by atoms with Crippen LogP contribution in [0.4, 0.5) is 4.39 Å².